The van der Waals surface area contributed by atoms with E-state index in [9.17, 15) is 77.8 Å². The minimum Gasteiger partial charge on any atom is -0.450 e. The smallest absolute Gasteiger partial charge is 0.295 e. The van der Waals surface area contributed by atoms with Crippen LogP contribution in [-0.4, -0.2) is 77.8 Å². The summed E-state index contributed by atoms with van der Waals surface area (Å²) in [6, 6.07) is 7.34. The van der Waals surface area contributed by atoms with Crippen molar-refractivity contribution in [1.29, 1.82) is 0 Å². The Labute approximate surface area is 428 Å². The maximum absolute atomic E-state index is 16.2. The van der Waals surface area contributed by atoms with Crippen LogP contribution in [0.2, 0.25) is 0 Å². The van der Waals surface area contributed by atoms with Crippen molar-refractivity contribution in [1.82, 2.24) is 0 Å². The van der Waals surface area contributed by atoms with Crippen molar-refractivity contribution >= 4 is 125 Å². The first-order valence-electron chi connectivity index (χ1n) is 20.4. The highest BCUT2D eigenvalue weighted by molar-refractivity contribution is 7.88. The van der Waals surface area contributed by atoms with E-state index >= 15 is 35.1 Å². The van der Waals surface area contributed by atoms with Crippen LogP contribution in [0.15, 0.2) is 102 Å². The zero-order valence-corrected chi connectivity index (χ0v) is 41.7. The van der Waals surface area contributed by atoms with Crippen LogP contribution in [0, 0.1) is 46.5 Å². The third-order valence-corrected chi connectivity index (χ3v) is 17.6. The molecule has 0 saturated heterocycles. The van der Waals surface area contributed by atoms with E-state index in [0.717, 1.165) is 48.5 Å². The van der Waals surface area contributed by atoms with Gasteiger partial charge in [0.15, 0.2) is 23.3 Å². The summed E-state index contributed by atoms with van der Waals surface area (Å²) in [4.78, 5) is -7.57. The van der Waals surface area contributed by atoms with Gasteiger partial charge in [-0.1, -0.05) is 36.4 Å². The molecule has 0 fully saturated rings. The molecule has 0 aliphatic rings. The molecule has 0 aliphatic heterocycles. The van der Waals surface area contributed by atoms with Gasteiger partial charge in [0.05, 0.1) is 11.1 Å². The van der Waals surface area contributed by atoms with Gasteiger partial charge in [-0.2, -0.15) is 68.1 Å². The molecule has 0 saturated carbocycles. The van der Waals surface area contributed by atoms with Gasteiger partial charge in [-0.15, -0.1) is 0 Å². The first-order valence-corrected chi connectivity index (χ1v) is 29.0. The van der Waals surface area contributed by atoms with Crippen molar-refractivity contribution in [3.63, 3.8) is 0 Å². The normalized spacial score (nSPS) is 13.4. The van der Waals surface area contributed by atoms with E-state index in [1.807, 2.05) is 0 Å². The van der Waals surface area contributed by atoms with Gasteiger partial charge in [0.2, 0.25) is 34.8 Å². The Bertz CT molecular complexity index is 4690. The average Bonchev–Trinajstić information content (AvgIpc) is 3.11. The number of hydrogen-bond donors (Lipinski definition) is 6. The second-order valence-corrected chi connectivity index (χ2v) is 24.9. The first-order chi connectivity index (χ1) is 35.8. The van der Waals surface area contributed by atoms with E-state index in [2.05, 4.69) is 0 Å². The highest BCUT2D eigenvalue weighted by Gasteiger charge is 2.38. The van der Waals surface area contributed by atoms with E-state index in [1.165, 1.54) is 0 Å². The molecule has 0 unspecified atom stereocenters. The molecule has 6 N–H and O–H groups in total. The third-order valence-electron chi connectivity index (χ3n) is 12.3. The monoisotopic (exact) mass is 1210 g/mol. The van der Waals surface area contributed by atoms with Crippen LogP contribution < -0.4 is 9.47 Å². The SMILES string of the molecule is O=S(=O)(O)c1cc(Oc2c(F)c(F)c(-c3c(F)c(F)c(Oc4cc(S(=O)(=O)O)c5ccc6c(S(=O)(=O)O)cc(S(=O)(=O)O)c7ccc4c5c76)c(F)c3F)c(F)c2F)c2ccc3c(S(=O)(=O)O)cc(S(=O)(=O)O)c4ccc1c2c34. The fraction of sp³-hybridized carbons (Fsp3) is 0. The fourth-order valence-corrected chi connectivity index (χ4v) is 13.7. The Balaban J connectivity index is 1.16. The molecule has 78 heavy (non-hydrogen) atoms. The Morgan fingerprint density at radius 2 is 0.449 bits per heavy atom. The summed E-state index contributed by atoms with van der Waals surface area (Å²) in [7, 11) is -33.0. The molecule has 406 valence electrons. The van der Waals surface area contributed by atoms with Gasteiger partial charge in [-0.3, -0.25) is 27.3 Å². The lowest BCUT2D eigenvalue weighted by Crippen LogP contribution is -2.10. The molecular weight excluding hydrogens is 1190 g/mol. The third kappa shape index (κ3) is 8.16. The first kappa shape index (κ1) is 54.1. The van der Waals surface area contributed by atoms with Crippen LogP contribution in [0.5, 0.6) is 23.0 Å². The second-order valence-electron chi connectivity index (χ2n) is 16.6. The molecular formula is C44H18F8O20S6. The van der Waals surface area contributed by atoms with Crippen molar-refractivity contribution in [2.75, 3.05) is 0 Å². The molecule has 0 radical (unpaired) electrons. The molecule has 10 aromatic rings. The van der Waals surface area contributed by atoms with Crippen molar-refractivity contribution in [2.45, 2.75) is 29.4 Å². The molecule has 0 spiro atoms. The lowest BCUT2D eigenvalue weighted by atomic mass is 9.93. The lowest BCUT2D eigenvalue weighted by molar-refractivity contribution is 0.362. The molecule has 0 aromatic heterocycles. The lowest BCUT2D eigenvalue weighted by Gasteiger charge is -2.20. The van der Waals surface area contributed by atoms with Gasteiger partial charge in [-0.25, -0.2) is 17.6 Å². The highest BCUT2D eigenvalue weighted by Crippen LogP contribution is 2.51. The van der Waals surface area contributed by atoms with E-state index < -0.39 is 235 Å². The fourth-order valence-electron chi connectivity index (χ4n) is 9.24. The van der Waals surface area contributed by atoms with E-state index in [1.54, 1.807) is 0 Å². The Kier molecular flexibility index (Phi) is 11.9. The summed E-state index contributed by atoms with van der Waals surface area (Å²) in [6.07, 6.45) is 0. The number of rotatable bonds is 11. The van der Waals surface area contributed by atoms with Crippen LogP contribution in [-0.2, 0) is 60.7 Å². The van der Waals surface area contributed by atoms with Gasteiger partial charge >= 0.3 is 0 Å². The maximum atomic E-state index is 16.2. The van der Waals surface area contributed by atoms with Crippen LogP contribution in [0.25, 0.3) is 75.8 Å². The quantitative estimate of drug-likeness (QED) is 0.0304. The summed E-state index contributed by atoms with van der Waals surface area (Å²) in [5.74, 6) is -30.0. The predicted octanol–water partition coefficient (Wildman–Crippen LogP) is 9.33. The van der Waals surface area contributed by atoms with Gasteiger partial charge in [0.25, 0.3) is 60.7 Å². The van der Waals surface area contributed by atoms with Crippen molar-refractivity contribution < 1.29 is 122 Å². The molecule has 0 aliphatic carbocycles. The molecule has 34 heteroatoms. The molecule has 10 rings (SSSR count). The Hall–Kier alpha value is -7.22. The number of benzene rings is 10. The molecule has 0 bridgehead atoms. The topological polar surface area (TPSA) is 345 Å². The van der Waals surface area contributed by atoms with Gasteiger partial charge in [0, 0.05) is 76.8 Å². The minimum absolute atomic E-state index is 0.267. The van der Waals surface area contributed by atoms with E-state index in [4.69, 9.17) is 9.47 Å². The maximum Gasteiger partial charge on any atom is 0.295 e. The summed E-state index contributed by atoms with van der Waals surface area (Å²) < 4.78 is 350. The predicted molar refractivity (Wildman–Crippen MR) is 251 cm³/mol. The molecule has 0 atom stereocenters. The Morgan fingerprint density at radius 3 is 0.654 bits per heavy atom. The largest absolute Gasteiger partial charge is 0.450 e. The van der Waals surface area contributed by atoms with Crippen LogP contribution in [0.4, 0.5) is 35.1 Å². The van der Waals surface area contributed by atoms with Gasteiger partial charge < -0.3 is 9.47 Å². The average molecular weight is 1210 g/mol. The standard InChI is InChI=1S/C44H18F8O20S6/c45-35-33(36(46)40(50)43(39(35)49)71-21-9-23(73(53,54)55)15-5-7-19-27(77(65,66)67)11-25(75(59,60)61)17-3-1-13(21)29(15)31(17)19)34-37(47)41(51)44(42(52)38(34)48)72-22-10-24(74(56,57)58)16-6-8-20-28(78(68,69)70)12-26(76(62,63)64)18-4-2-14(22)30(16)32(18)20/h1-12H,(H,53,54,55)(H,56,57,58)(H,59,60,61)(H,62,63,64)(H,65,66,67)(H,68,69,70). The van der Waals surface area contributed by atoms with Crippen molar-refractivity contribution in [3.8, 4) is 34.1 Å². The zero-order valence-electron chi connectivity index (χ0n) is 36.8. The number of halogens is 8. The number of ether oxygens (including phenoxy) is 2. The van der Waals surface area contributed by atoms with Crippen molar-refractivity contribution in [2.24, 2.45) is 0 Å². The molecule has 0 heterocycles. The van der Waals surface area contributed by atoms with Gasteiger partial charge in [-0.05, 0) is 24.3 Å². The molecule has 0 amide bonds. The Morgan fingerprint density at radius 1 is 0.269 bits per heavy atom. The van der Waals surface area contributed by atoms with Crippen molar-refractivity contribution in [3.05, 3.63) is 119 Å². The van der Waals surface area contributed by atoms with E-state index in [-0.39, 0.29) is 12.1 Å². The number of hydrogen-bond acceptors (Lipinski definition) is 14. The van der Waals surface area contributed by atoms with Crippen LogP contribution in [0.1, 0.15) is 0 Å². The molecule has 10 aromatic carbocycles. The molecule has 20 nitrogen and oxygen atoms in total. The minimum atomic E-state index is -5.60. The summed E-state index contributed by atoms with van der Waals surface area (Å²) >= 11 is 0. The highest BCUT2D eigenvalue weighted by atomic mass is 32.2. The zero-order chi connectivity index (χ0) is 57.4. The summed E-state index contributed by atoms with van der Waals surface area (Å²) in [5, 5.41) is -7.98. The van der Waals surface area contributed by atoms with Crippen LogP contribution in [0.3, 0.4) is 0 Å². The van der Waals surface area contributed by atoms with E-state index in [0.29, 0.717) is 12.1 Å². The van der Waals surface area contributed by atoms with Gasteiger partial charge in [0.1, 0.15) is 40.9 Å². The second kappa shape index (κ2) is 17.1. The van der Waals surface area contributed by atoms with Crippen LogP contribution >= 0.6 is 0 Å². The summed E-state index contributed by atoms with van der Waals surface area (Å²) in [5.41, 5.74) is -5.14. The summed E-state index contributed by atoms with van der Waals surface area (Å²) in [6.45, 7) is 0.